The number of hydrogen-bond donors (Lipinski definition) is 0. The van der Waals surface area contributed by atoms with E-state index in [4.69, 9.17) is 30.5 Å². The lowest BCUT2D eigenvalue weighted by Crippen LogP contribution is -2.15. The van der Waals surface area contributed by atoms with Crippen molar-refractivity contribution < 1.29 is 47.5 Å². The number of rotatable bonds is 10. The van der Waals surface area contributed by atoms with Gasteiger partial charge in [-0.3, -0.25) is 20.2 Å². The van der Waals surface area contributed by atoms with E-state index in [0.29, 0.717) is 5.02 Å². The molecular formula is C58H90ClFN2O11. The van der Waals surface area contributed by atoms with Crippen molar-refractivity contribution in [2.24, 2.45) is 29.6 Å². The summed E-state index contributed by atoms with van der Waals surface area (Å²) in [7, 11) is 6.11. The van der Waals surface area contributed by atoms with Crippen LogP contribution in [0.3, 0.4) is 0 Å². The van der Waals surface area contributed by atoms with Gasteiger partial charge in [-0.05, 0) is 85.0 Å². The van der Waals surface area contributed by atoms with Crippen molar-refractivity contribution in [3.8, 4) is 28.7 Å². The van der Waals surface area contributed by atoms with Gasteiger partial charge in [-0.15, -0.1) is 0 Å². The highest BCUT2D eigenvalue weighted by Gasteiger charge is 2.15. The molecule has 0 spiro atoms. The van der Waals surface area contributed by atoms with Crippen LogP contribution in [0.25, 0.3) is 0 Å². The molecule has 0 saturated carbocycles. The Balaban J connectivity index is -0.000000245. The van der Waals surface area contributed by atoms with E-state index in [0.717, 1.165) is 41.1 Å². The van der Waals surface area contributed by atoms with E-state index in [1.54, 1.807) is 69.7 Å². The molecule has 0 radical (unpaired) electrons. The molecule has 0 N–H and O–H groups in total. The van der Waals surface area contributed by atoms with Crippen LogP contribution in [0.1, 0.15) is 111 Å². The van der Waals surface area contributed by atoms with E-state index in [2.05, 4.69) is 113 Å². The SMILES string of the molecule is CC(C)C.CC(C)C.CC(C)C.CC(C)C.CC(C)C.CCOC(=O)COc1ccccc1[N+](=O)[O-].COc1ccccc1.COc1ccccc1Cl.COc1ccccc1F.COc1ccccc1[N+](=O)[O-]. The maximum Gasteiger partial charge on any atom is 0.344 e. The Labute approximate surface area is 444 Å². The highest BCUT2D eigenvalue weighted by molar-refractivity contribution is 6.32. The maximum absolute atomic E-state index is 12.5. The zero-order chi connectivity index (χ0) is 57.3. The second kappa shape index (κ2) is 50.5. The largest absolute Gasteiger partial charge is 0.497 e. The van der Waals surface area contributed by atoms with Crippen LogP contribution in [0.2, 0.25) is 5.02 Å². The Morgan fingerprint density at radius 2 is 0.795 bits per heavy atom. The van der Waals surface area contributed by atoms with E-state index in [-0.39, 0.29) is 47.7 Å². The molecule has 0 aromatic heterocycles. The lowest BCUT2D eigenvalue weighted by molar-refractivity contribution is -0.385. The third kappa shape index (κ3) is 54.8. The molecule has 0 unspecified atom stereocenters. The normalized spacial score (nSPS) is 9.14. The minimum absolute atomic E-state index is 0.00463. The van der Waals surface area contributed by atoms with Gasteiger partial charge in [0.05, 0.1) is 49.9 Å². The number of carbonyl (C=O) groups excluding carboxylic acids is 1. The first-order chi connectivity index (χ1) is 34.2. The second-order valence-corrected chi connectivity index (χ2v) is 18.6. The summed E-state index contributed by atoms with van der Waals surface area (Å²) in [4.78, 5) is 30.8. The Morgan fingerprint density at radius 1 is 0.479 bits per heavy atom. The number of hydrogen-bond acceptors (Lipinski definition) is 11. The van der Waals surface area contributed by atoms with Gasteiger partial charge in [0.2, 0.25) is 0 Å². The molecule has 5 aromatic carbocycles. The monoisotopic (exact) mass is 1040 g/mol. The predicted molar refractivity (Wildman–Crippen MR) is 301 cm³/mol. The van der Waals surface area contributed by atoms with Crippen LogP contribution in [0.5, 0.6) is 28.7 Å². The first-order valence-corrected chi connectivity index (χ1v) is 24.5. The summed E-state index contributed by atoms with van der Waals surface area (Å²) in [5.41, 5.74) is -0.179. The first kappa shape index (κ1) is 75.5. The minimum atomic E-state index is -0.569. The van der Waals surface area contributed by atoms with E-state index >= 15 is 0 Å². The number of benzene rings is 5. The molecule has 412 valence electrons. The summed E-state index contributed by atoms with van der Waals surface area (Å²) in [6, 6.07) is 35.4. The van der Waals surface area contributed by atoms with Gasteiger partial charge in [0.25, 0.3) is 0 Å². The number of esters is 1. The number of para-hydroxylation sites is 7. The molecule has 13 nitrogen and oxygen atoms in total. The molecule has 0 aliphatic rings. The molecule has 0 atom stereocenters. The Kier molecular flexibility index (Phi) is 52.3. The fraction of sp³-hybridized carbons (Fsp3) is 0.466. The predicted octanol–water partition coefficient (Wildman–Crippen LogP) is 17.3. The summed E-state index contributed by atoms with van der Waals surface area (Å²) in [6.07, 6.45) is 0. The van der Waals surface area contributed by atoms with Gasteiger partial charge in [0.1, 0.15) is 11.5 Å². The number of halogens is 2. The molecule has 0 amide bonds. The van der Waals surface area contributed by atoms with Crippen LogP contribution in [0.4, 0.5) is 15.8 Å². The molecule has 0 bridgehead atoms. The number of methoxy groups -OCH3 is 4. The Hall–Kier alpha value is -6.41. The highest BCUT2D eigenvalue weighted by Crippen LogP contribution is 2.26. The zero-order valence-corrected chi connectivity index (χ0v) is 48.3. The Morgan fingerprint density at radius 3 is 1.08 bits per heavy atom. The number of carbonyl (C=O) groups is 1. The molecule has 5 rings (SSSR count). The Bertz CT molecular complexity index is 1980. The highest BCUT2D eigenvalue weighted by atomic mass is 35.5. The molecule has 15 heteroatoms. The molecule has 5 aromatic rings. The number of nitro groups is 2. The third-order valence-corrected chi connectivity index (χ3v) is 6.40. The average molecular weight is 1050 g/mol. The fourth-order valence-electron chi connectivity index (χ4n) is 3.63. The summed E-state index contributed by atoms with van der Waals surface area (Å²) < 4.78 is 41.4. The van der Waals surface area contributed by atoms with Gasteiger partial charge in [0.15, 0.2) is 29.7 Å². The molecule has 0 heterocycles. The smallest absolute Gasteiger partial charge is 0.344 e. The zero-order valence-electron chi connectivity index (χ0n) is 47.6. The molecule has 0 fully saturated rings. The van der Waals surface area contributed by atoms with Crippen molar-refractivity contribution in [3.05, 3.63) is 158 Å². The maximum atomic E-state index is 12.5. The van der Waals surface area contributed by atoms with E-state index in [9.17, 15) is 29.4 Å². The summed E-state index contributed by atoms with van der Waals surface area (Å²) in [5.74, 6) is 5.56. The van der Waals surface area contributed by atoms with Gasteiger partial charge in [-0.2, -0.15) is 0 Å². The fourth-order valence-corrected chi connectivity index (χ4v) is 3.84. The second-order valence-electron chi connectivity index (χ2n) is 18.2. The van der Waals surface area contributed by atoms with Crippen molar-refractivity contribution >= 4 is 28.9 Å². The molecule has 0 saturated heterocycles. The standard InChI is InChI=1S/C10H11NO5.C7H7ClO.C7H7FO.C7H7NO3.C7H8O.5C4H10/c1-2-15-10(12)7-16-9-6-4-3-5-8(9)11(13)14;2*1-9-7-5-3-2-4-6(7)8;1-11-7-5-3-2-4-6(7)8(9)10;1-8-7-5-3-2-4-6-7;5*1-4(2)3/h3-6H,2,7H2,1H3;2*2-5H,1H3;2-5H,1H3;2-6H,1H3;5*4H,1-3H3. The van der Waals surface area contributed by atoms with Crippen LogP contribution in [-0.2, 0) is 9.53 Å². The summed E-state index contributed by atoms with van der Waals surface area (Å²) >= 11 is 5.70. The lowest BCUT2D eigenvalue weighted by atomic mass is 10.3. The molecular weight excluding hydrogens is 955 g/mol. The van der Waals surface area contributed by atoms with Crippen LogP contribution < -0.4 is 23.7 Å². The van der Waals surface area contributed by atoms with Crippen molar-refractivity contribution in [3.63, 3.8) is 0 Å². The van der Waals surface area contributed by atoms with Crippen molar-refractivity contribution in [2.75, 3.05) is 41.7 Å². The van der Waals surface area contributed by atoms with Crippen LogP contribution >= 0.6 is 11.6 Å². The summed E-state index contributed by atoms with van der Waals surface area (Å²) in [5, 5.41) is 21.6. The average Bonchev–Trinajstić information content (AvgIpc) is 3.31. The first-order valence-electron chi connectivity index (χ1n) is 24.1. The van der Waals surface area contributed by atoms with E-state index < -0.39 is 15.8 Å². The third-order valence-electron chi connectivity index (χ3n) is 6.09. The molecule has 0 aliphatic carbocycles. The molecule has 0 aliphatic heterocycles. The van der Waals surface area contributed by atoms with Gasteiger partial charge < -0.3 is 28.4 Å². The lowest BCUT2D eigenvalue weighted by Gasteiger charge is -2.05. The van der Waals surface area contributed by atoms with Crippen molar-refractivity contribution in [1.82, 2.24) is 0 Å². The van der Waals surface area contributed by atoms with Crippen molar-refractivity contribution in [2.45, 2.75) is 111 Å². The molecule has 73 heavy (non-hydrogen) atoms. The van der Waals surface area contributed by atoms with Crippen molar-refractivity contribution in [1.29, 1.82) is 0 Å². The topological polar surface area (TPSA) is 159 Å². The quantitative estimate of drug-likeness (QED) is 0.0744. The van der Waals surface area contributed by atoms with Crippen LogP contribution in [0, 0.1) is 55.6 Å². The van der Waals surface area contributed by atoms with E-state index in [1.807, 2.05) is 48.5 Å². The van der Waals surface area contributed by atoms with Gasteiger partial charge >= 0.3 is 17.3 Å². The van der Waals surface area contributed by atoms with Crippen LogP contribution in [-0.4, -0.2) is 57.5 Å². The van der Waals surface area contributed by atoms with Gasteiger partial charge in [0, 0.05) is 12.1 Å². The van der Waals surface area contributed by atoms with Gasteiger partial charge in [-0.1, -0.05) is 182 Å². The minimum Gasteiger partial charge on any atom is -0.497 e. The summed E-state index contributed by atoms with van der Waals surface area (Å²) in [6.45, 7) is 34.1. The number of ether oxygens (including phenoxy) is 6. The van der Waals surface area contributed by atoms with Crippen LogP contribution in [0.15, 0.2) is 127 Å². The number of nitro benzene ring substituents is 2. The number of nitrogens with zero attached hydrogens (tertiary/aromatic N) is 2. The van der Waals surface area contributed by atoms with Gasteiger partial charge in [-0.25, -0.2) is 9.18 Å². The van der Waals surface area contributed by atoms with E-state index in [1.165, 1.54) is 44.6 Å².